The Morgan fingerprint density at radius 1 is 0.525 bits per heavy atom. The summed E-state index contributed by atoms with van der Waals surface area (Å²) in [6, 6.07) is 13.7. The average molecular weight is 557 g/mol. The topological polar surface area (TPSA) is 136 Å². The first-order valence-electron chi connectivity index (χ1n) is 13.0. The molecule has 0 saturated carbocycles. The zero-order valence-electron chi connectivity index (χ0n) is 23.3. The van der Waals surface area contributed by atoms with E-state index in [1.54, 1.807) is 76.2 Å². The average Bonchev–Trinajstić information content (AvgIpc) is 2.92. The Hall–Kier alpha value is -4.48. The lowest BCUT2D eigenvalue weighted by atomic mass is 10.2. The Labute approximate surface area is 233 Å². The number of hydrogen-bond donors (Lipinski definition) is 0. The van der Waals surface area contributed by atoms with Crippen molar-refractivity contribution >= 4 is 46.6 Å². The van der Waals surface area contributed by atoms with Crippen molar-refractivity contribution < 1.29 is 38.1 Å². The summed E-state index contributed by atoms with van der Waals surface area (Å²) in [6.07, 6.45) is 0. The largest absolute Gasteiger partial charge is 0.465 e. The zero-order valence-corrected chi connectivity index (χ0v) is 23.3. The quantitative estimate of drug-likeness (QED) is 0.170. The van der Waals surface area contributed by atoms with E-state index in [0.717, 1.165) is 0 Å². The van der Waals surface area contributed by atoms with Crippen LogP contribution >= 0.6 is 0 Å². The maximum atomic E-state index is 12.3. The van der Waals surface area contributed by atoms with Gasteiger partial charge in [0.2, 0.25) is 0 Å². The first-order valence-corrected chi connectivity index (χ1v) is 13.0. The Kier molecular flexibility index (Phi) is 13.6. The summed E-state index contributed by atoms with van der Waals surface area (Å²) in [5.41, 5.74) is 1.65. The molecule has 2 rings (SSSR count). The number of esters is 4. The fourth-order valence-corrected chi connectivity index (χ4v) is 3.64. The van der Waals surface area contributed by atoms with Crippen LogP contribution in [-0.4, -0.2) is 76.5 Å². The molecule has 0 aliphatic heterocycles. The van der Waals surface area contributed by atoms with E-state index in [0.29, 0.717) is 22.7 Å². The molecule has 12 nitrogen and oxygen atoms in total. The molecule has 0 aromatic heterocycles. The van der Waals surface area contributed by atoms with Crippen LogP contribution in [0.3, 0.4) is 0 Å². The fourth-order valence-electron chi connectivity index (χ4n) is 3.64. The van der Waals surface area contributed by atoms with Crippen LogP contribution in [0.2, 0.25) is 0 Å². The van der Waals surface area contributed by atoms with Crippen molar-refractivity contribution in [1.29, 1.82) is 0 Å². The number of carbonyl (C=O) groups is 4. The van der Waals surface area contributed by atoms with Gasteiger partial charge in [-0.15, -0.1) is 10.2 Å². The maximum Gasteiger partial charge on any atom is 0.325 e. The Bertz CT molecular complexity index is 1040. The van der Waals surface area contributed by atoms with E-state index in [-0.39, 0.29) is 52.6 Å². The molecule has 2 aromatic carbocycles. The summed E-state index contributed by atoms with van der Waals surface area (Å²) < 4.78 is 20.3. The van der Waals surface area contributed by atoms with Crippen LogP contribution in [0.4, 0.5) is 22.7 Å². The van der Waals surface area contributed by atoms with Gasteiger partial charge in [-0.1, -0.05) is 24.3 Å². The monoisotopic (exact) mass is 556 g/mol. The molecule has 216 valence electrons. The highest BCUT2D eigenvalue weighted by atomic mass is 16.5. The van der Waals surface area contributed by atoms with Crippen LogP contribution < -0.4 is 9.80 Å². The van der Waals surface area contributed by atoms with Gasteiger partial charge in [0.05, 0.1) is 37.8 Å². The van der Waals surface area contributed by atoms with E-state index in [9.17, 15) is 19.2 Å². The predicted molar refractivity (Wildman–Crippen MR) is 148 cm³/mol. The third-order valence-corrected chi connectivity index (χ3v) is 5.21. The smallest absolute Gasteiger partial charge is 0.325 e. The Morgan fingerprint density at radius 2 is 0.800 bits per heavy atom. The van der Waals surface area contributed by atoms with Crippen molar-refractivity contribution in [3.63, 3.8) is 0 Å². The van der Waals surface area contributed by atoms with E-state index < -0.39 is 23.9 Å². The van der Waals surface area contributed by atoms with E-state index in [4.69, 9.17) is 18.9 Å². The maximum absolute atomic E-state index is 12.3. The van der Waals surface area contributed by atoms with Crippen LogP contribution in [0.5, 0.6) is 0 Å². The molecule has 0 atom stereocenters. The molecule has 40 heavy (non-hydrogen) atoms. The van der Waals surface area contributed by atoms with Gasteiger partial charge in [-0.3, -0.25) is 19.2 Å². The van der Waals surface area contributed by atoms with Crippen molar-refractivity contribution in [2.75, 3.05) is 62.4 Å². The lowest BCUT2D eigenvalue weighted by Gasteiger charge is -2.24. The molecule has 0 unspecified atom stereocenters. The molecule has 0 spiro atoms. The first-order chi connectivity index (χ1) is 19.3. The Balaban J connectivity index is 2.45. The molecule has 0 aliphatic carbocycles. The fraction of sp³-hybridized carbons (Fsp3) is 0.429. The molecule has 0 N–H and O–H groups in total. The zero-order chi connectivity index (χ0) is 29.3. The van der Waals surface area contributed by atoms with Gasteiger partial charge in [-0.25, -0.2) is 0 Å². The summed E-state index contributed by atoms with van der Waals surface area (Å²) in [5.74, 6) is -2.06. The lowest BCUT2D eigenvalue weighted by Crippen LogP contribution is -2.36. The van der Waals surface area contributed by atoms with Crippen molar-refractivity contribution in [2.24, 2.45) is 10.2 Å². The summed E-state index contributed by atoms with van der Waals surface area (Å²) in [5, 5.41) is 8.80. The minimum Gasteiger partial charge on any atom is -0.465 e. The first kappa shape index (κ1) is 31.7. The standard InChI is InChI=1S/C28H36N4O8/c1-5-37-25(33)17-31(18-26(34)38-6-2)23-15-11-9-13-21(23)29-30-22-14-10-12-16-24(22)32(19-27(35)39-7-3)20-28(36)40-8-4/h9-16H,5-8,17-20H2,1-4H3. The lowest BCUT2D eigenvalue weighted by molar-refractivity contribution is -0.144. The number of rotatable bonds is 16. The highest BCUT2D eigenvalue weighted by Crippen LogP contribution is 2.33. The van der Waals surface area contributed by atoms with Gasteiger partial charge >= 0.3 is 23.9 Å². The number of nitrogens with zero attached hydrogens (tertiary/aromatic N) is 4. The molecule has 0 saturated heterocycles. The highest BCUT2D eigenvalue weighted by molar-refractivity contribution is 5.85. The second kappa shape index (κ2) is 17.2. The van der Waals surface area contributed by atoms with Crippen LogP contribution in [0, 0.1) is 0 Å². The van der Waals surface area contributed by atoms with E-state index in [2.05, 4.69) is 10.2 Å². The Morgan fingerprint density at radius 3 is 1.07 bits per heavy atom. The van der Waals surface area contributed by atoms with Crippen LogP contribution in [0.1, 0.15) is 27.7 Å². The number of hydrogen-bond acceptors (Lipinski definition) is 12. The van der Waals surface area contributed by atoms with E-state index in [1.165, 1.54) is 9.80 Å². The predicted octanol–water partition coefficient (Wildman–Crippen LogP) is 3.97. The number of para-hydroxylation sites is 2. The molecule has 0 bridgehead atoms. The second-order valence-electron chi connectivity index (χ2n) is 8.11. The molecule has 0 heterocycles. The third-order valence-electron chi connectivity index (χ3n) is 5.21. The summed E-state index contributed by atoms with van der Waals surface area (Å²) in [4.78, 5) is 52.2. The molecule has 2 aromatic rings. The SMILES string of the molecule is CCOC(=O)CN(CC(=O)OCC)c1ccccc1N=Nc1ccccc1N(CC(=O)OCC)CC(=O)OCC. The van der Waals surface area contributed by atoms with Crippen LogP contribution in [-0.2, 0) is 38.1 Å². The van der Waals surface area contributed by atoms with Gasteiger partial charge in [-0.05, 0) is 52.0 Å². The van der Waals surface area contributed by atoms with Crippen molar-refractivity contribution in [3.05, 3.63) is 48.5 Å². The van der Waals surface area contributed by atoms with E-state index >= 15 is 0 Å². The summed E-state index contributed by atoms with van der Waals surface area (Å²) >= 11 is 0. The molecule has 12 heteroatoms. The van der Waals surface area contributed by atoms with Crippen molar-refractivity contribution in [2.45, 2.75) is 27.7 Å². The number of carbonyl (C=O) groups excluding carboxylic acids is 4. The number of benzene rings is 2. The van der Waals surface area contributed by atoms with Gasteiger partial charge in [0.25, 0.3) is 0 Å². The van der Waals surface area contributed by atoms with Gasteiger partial charge in [0.15, 0.2) is 0 Å². The normalized spacial score (nSPS) is 10.6. The molecule has 0 fully saturated rings. The number of ether oxygens (including phenoxy) is 4. The highest BCUT2D eigenvalue weighted by Gasteiger charge is 2.21. The van der Waals surface area contributed by atoms with Gasteiger partial charge in [-0.2, -0.15) is 0 Å². The van der Waals surface area contributed by atoms with Gasteiger partial charge in [0.1, 0.15) is 37.6 Å². The van der Waals surface area contributed by atoms with E-state index in [1.807, 2.05) is 0 Å². The molecular weight excluding hydrogens is 520 g/mol. The summed E-state index contributed by atoms with van der Waals surface area (Å²) in [6.45, 7) is 6.73. The molecule has 0 amide bonds. The van der Waals surface area contributed by atoms with Crippen LogP contribution in [0.25, 0.3) is 0 Å². The number of anilines is 2. The summed E-state index contributed by atoms with van der Waals surface area (Å²) in [7, 11) is 0. The second-order valence-corrected chi connectivity index (χ2v) is 8.11. The van der Waals surface area contributed by atoms with Crippen molar-refractivity contribution in [1.82, 2.24) is 0 Å². The molecule has 0 radical (unpaired) electrons. The minimum atomic E-state index is -0.516. The van der Waals surface area contributed by atoms with Gasteiger partial charge in [0, 0.05) is 0 Å². The molecular formula is C28H36N4O8. The molecule has 0 aliphatic rings. The number of azo groups is 1. The van der Waals surface area contributed by atoms with Crippen LogP contribution in [0.15, 0.2) is 58.8 Å². The van der Waals surface area contributed by atoms with Gasteiger partial charge < -0.3 is 28.7 Å². The van der Waals surface area contributed by atoms with Crippen molar-refractivity contribution in [3.8, 4) is 0 Å². The minimum absolute atomic E-state index is 0.193. The third kappa shape index (κ3) is 10.4.